The molecule has 0 atom stereocenters. The van der Waals surface area contributed by atoms with Gasteiger partial charge in [0.05, 0.1) is 18.0 Å². The Kier molecular flexibility index (Phi) is 6.56. The number of thiophene rings is 1. The first-order chi connectivity index (χ1) is 14.7. The molecule has 4 aromatic rings. The molecule has 0 aliphatic rings. The summed E-state index contributed by atoms with van der Waals surface area (Å²) in [6.45, 7) is 4.24. The highest BCUT2D eigenvalue weighted by Gasteiger charge is 2.16. The number of fused-ring (bicyclic) bond motifs is 1. The number of benzene rings is 1. The molecule has 156 valence electrons. The Labute approximate surface area is 179 Å². The van der Waals surface area contributed by atoms with E-state index in [1.165, 1.54) is 10.9 Å². The van der Waals surface area contributed by atoms with Crippen LogP contribution in [-0.4, -0.2) is 45.6 Å². The van der Waals surface area contributed by atoms with Crippen LogP contribution in [0.15, 0.2) is 52.4 Å². The number of H-pyrrole nitrogens is 1. The standard InChI is InChI=1S/C22H25N5O2S/c1-2-11-27(15-21-25-26-22(29-21)19-8-5-12-30-19)14-20(28)23-10-9-16-13-24-18-7-4-3-6-17(16)18/h3-8,12-13,24H,2,9-11,14-15H2,1H3,(H,23,28). The zero-order valence-corrected chi connectivity index (χ0v) is 17.7. The molecule has 0 unspecified atom stereocenters. The number of hydrogen-bond acceptors (Lipinski definition) is 6. The van der Waals surface area contributed by atoms with Gasteiger partial charge >= 0.3 is 0 Å². The third-order valence-electron chi connectivity index (χ3n) is 4.86. The summed E-state index contributed by atoms with van der Waals surface area (Å²) in [6.07, 6.45) is 3.74. The molecule has 0 aliphatic heterocycles. The average molecular weight is 424 g/mol. The fourth-order valence-corrected chi connectivity index (χ4v) is 4.12. The van der Waals surface area contributed by atoms with Gasteiger partial charge in [0.25, 0.3) is 5.89 Å². The number of aromatic amines is 1. The molecule has 3 heterocycles. The molecule has 1 amide bonds. The van der Waals surface area contributed by atoms with Crippen molar-refractivity contribution in [1.29, 1.82) is 0 Å². The SMILES string of the molecule is CCCN(CC(=O)NCCc1c[nH]c2ccccc12)Cc1nnc(-c2cccs2)o1. The van der Waals surface area contributed by atoms with Crippen LogP contribution in [0.1, 0.15) is 24.8 Å². The van der Waals surface area contributed by atoms with E-state index >= 15 is 0 Å². The van der Waals surface area contributed by atoms with Gasteiger partial charge in [0.15, 0.2) is 0 Å². The van der Waals surface area contributed by atoms with Crippen molar-refractivity contribution < 1.29 is 9.21 Å². The topological polar surface area (TPSA) is 87.0 Å². The van der Waals surface area contributed by atoms with Gasteiger partial charge in [-0.3, -0.25) is 9.69 Å². The fourth-order valence-electron chi connectivity index (χ4n) is 3.47. The van der Waals surface area contributed by atoms with Crippen LogP contribution in [0.25, 0.3) is 21.7 Å². The maximum absolute atomic E-state index is 12.5. The van der Waals surface area contributed by atoms with Crippen LogP contribution < -0.4 is 5.32 Å². The minimum atomic E-state index is 0.00119. The summed E-state index contributed by atoms with van der Waals surface area (Å²) >= 11 is 1.56. The maximum atomic E-state index is 12.5. The van der Waals surface area contributed by atoms with Gasteiger partial charge in [0.2, 0.25) is 11.8 Å². The highest BCUT2D eigenvalue weighted by atomic mass is 32.1. The Morgan fingerprint density at radius 3 is 2.97 bits per heavy atom. The highest BCUT2D eigenvalue weighted by molar-refractivity contribution is 7.13. The molecule has 4 rings (SSSR count). The summed E-state index contributed by atoms with van der Waals surface area (Å²) in [4.78, 5) is 18.7. The lowest BCUT2D eigenvalue weighted by molar-refractivity contribution is -0.122. The highest BCUT2D eigenvalue weighted by Crippen LogP contribution is 2.23. The predicted octanol–water partition coefficient (Wildman–Crippen LogP) is 3.85. The zero-order chi connectivity index (χ0) is 20.8. The second-order valence-corrected chi connectivity index (χ2v) is 8.10. The Morgan fingerprint density at radius 1 is 1.23 bits per heavy atom. The van der Waals surface area contributed by atoms with Crippen molar-refractivity contribution in [2.45, 2.75) is 26.3 Å². The van der Waals surface area contributed by atoms with Crippen LogP contribution in [-0.2, 0) is 17.8 Å². The molecule has 30 heavy (non-hydrogen) atoms. The van der Waals surface area contributed by atoms with Crippen molar-refractivity contribution in [1.82, 2.24) is 25.4 Å². The van der Waals surface area contributed by atoms with E-state index in [1.807, 2.05) is 40.7 Å². The van der Waals surface area contributed by atoms with Crippen molar-refractivity contribution in [3.05, 3.63) is 59.4 Å². The lowest BCUT2D eigenvalue weighted by atomic mass is 10.1. The van der Waals surface area contributed by atoms with E-state index < -0.39 is 0 Å². The predicted molar refractivity (Wildman–Crippen MR) is 118 cm³/mol. The molecule has 8 heteroatoms. The van der Waals surface area contributed by atoms with E-state index in [4.69, 9.17) is 4.42 Å². The molecule has 0 fully saturated rings. The molecule has 1 aromatic carbocycles. The number of carbonyl (C=O) groups excluding carboxylic acids is 1. The average Bonchev–Trinajstić information content (AvgIpc) is 3.49. The number of carbonyl (C=O) groups is 1. The molecule has 0 saturated heterocycles. The van der Waals surface area contributed by atoms with Gasteiger partial charge in [-0.05, 0) is 42.5 Å². The quantitative estimate of drug-likeness (QED) is 0.405. The molecular formula is C22H25N5O2S. The smallest absolute Gasteiger partial charge is 0.257 e. The number of nitrogens with one attached hydrogen (secondary N) is 2. The number of nitrogens with zero attached hydrogens (tertiary/aromatic N) is 3. The molecule has 7 nitrogen and oxygen atoms in total. The van der Waals surface area contributed by atoms with Crippen LogP contribution >= 0.6 is 11.3 Å². The third kappa shape index (κ3) is 4.95. The van der Waals surface area contributed by atoms with Crippen molar-refractivity contribution in [3.63, 3.8) is 0 Å². The van der Waals surface area contributed by atoms with E-state index in [2.05, 4.69) is 39.6 Å². The van der Waals surface area contributed by atoms with Gasteiger partial charge in [-0.15, -0.1) is 21.5 Å². The minimum absolute atomic E-state index is 0.00119. The van der Waals surface area contributed by atoms with E-state index in [-0.39, 0.29) is 5.91 Å². The molecule has 3 aromatic heterocycles. The molecule has 0 spiro atoms. The van der Waals surface area contributed by atoms with Crippen molar-refractivity contribution in [2.75, 3.05) is 19.6 Å². The second kappa shape index (κ2) is 9.69. The van der Waals surface area contributed by atoms with Crippen LogP contribution in [0.4, 0.5) is 0 Å². The summed E-state index contributed by atoms with van der Waals surface area (Å²) in [5, 5.41) is 14.5. The van der Waals surface area contributed by atoms with Crippen LogP contribution in [0.5, 0.6) is 0 Å². The first kappa shape index (κ1) is 20.3. The van der Waals surface area contributed by atoms with Gasteiger partial charge in [0.1, 0.15) is 0 Å². The fraction of sp³-hybridized carbons (Fsp3) is 0.318. The normalized spacial score (nSPS) is 11.4. The van der Waals surface area contributed by atoms with Crippen molar-refractivity contribution in [2.24, 2.45) is 0 Å². The second-order valence-electron chi connectivity index (χ2n) is 7.15. The summed E-state index contributed by atoms with van der Waals surface area (Å²) in [5.41, 5.74) is 2.33. The zero-order valence-electron chi connectivity index (χ0n) is 16.9. The maximum Gasteiger partial charge on any atom is 0.257 e. The summed E-state index contributed by atoms with van der Waals surface area (Å²) in [5.74, 6) is 1.05. The summed E-state index contributed by atoms with van der Waals surface area (Å²) in [6, 6.07) is 12.1. The van der Waals surface area contributed by atoms with Gasteiger partial charge in [-0.25, -0.2) is 0 Å². The van der Waals surface area contributed by atoms with Crippen molar-refractivity contribution in [3.8, 4) is 10.8 Å². The monoisotopic (exact) mass is 423 g/mol. The number of para-hydroxylation sites is 1. The third-order valence-corrected chi connectivity index (χ3v) is 5.71. The van der Waals surface area contributed by atoms with Gasteiger partial charge in [-0.1, -0.05) is 31.2 Å². The Balaban J connectivity index is 1.29. The minimum Gasteiger partial charge on any atom is -0.419 e. The lowest BCUT2D eigenvalue weighted by Gasteiger charge is -2.19. The van der Waals surface area contributed by atoms with Crippen LogP contribution in [0, 0.1) is 0 Å². The van der Waals surface area contributed by atoms with E-state index in [1.54, 1.807) is 11.3 Å². The van der Waals surface area contributed by atoms with Gasteiger partial charge in [-0.2, -0.15) is 0 Å². The van der Waals surface area contributed by atoms with Crippen LogP contribution in [0.3, 0.4) is 0 Å². The first-order valence-electron chi connectivity index (χ1n) is 10.1. The van der Waals surface area contributed by atoms with E-state index in [0.29, 0.717) is 31.4 Å². The van der Waals surface area contributed by atoms with Crippen LogP contribution in [0.2, 0.25) is 0 Å². The Morgan fingerprint density at radius 2 is 2.13 bits per heavy atom. The summed E-state index contributed by atoms with van der Waals surface area (Å²) in [7, 11) is 0. The lowest BCUT2D eigenvalue weighted by Crippen LogP contribution is -2.38. The van der Waals surface area contributed by atoms with Gasteiger partial charge in [0, 0.05) is 23.6 Å². The number of hydrogen-bond donors (Lipinski definition) is 2. The molecule has 2 N–H and O–H groups in total. The summed E-state index contributed by atoms with van der Waals surface area (Å²) < 4.78 is 5.77. The van der Waals surface area contributed by atoms with Gasteiger partial charge < -0.3 is 14.7 Å². The first-order valence-corrected chi connectivity index (χ1v) is 11.0. The Bertz CT molecular complexity index is 1090. The van der Waals surface area contributed by atoms with Crippen molar-refractivity contribution >= 4 is 28.1 Å². The molecule has 0 radical (unpaired) electrons. The number of aromatic nitrogens is 3. The molecule has 0 aliphatic carbocycles. The molecular weight excluding hydrogens is 398 g/mol. The van der Waals surface area contributed by atoms with E-state index in [0.717, 1.165) is 29.8 Å². The van der Waals surface area contributed by atoms with E-state index in [9.17, 15) is 4.79 Å². The largest absolute Gasteiger partial charge is 0.419 e. The molecule has 0 bridgehead atoms. The number of rotatable bonds is 10. The Hall–Kier alpha value is -2.97. The number of amides is 1. The molecule has 0 saturated carbocycles.